The van der Waals surface area contributed by atoms with Gasteiger partial charge in [0.1, 0.15) is 5.75 Å². The molecule has 0 saturated heterocycles. The minimum absolute atomic E-state index is 0.841. The van der Waals surface area contributed by atoms with E-state index in [1.165, 1.54) is 67.8 Å². The van der Waals surface area contributed by atoms with Gasteiger partial charge in [0.05, 0.1) is 6.61 Å². The second kappa shape index (κ2) is 12.7. The molecule has 0 spiro atoms. The predicted octanol–water partition coefficient (Wildman–Crippen LogP) is 7.35. The zero-order chi connectivity index (χ0) is 15.3. The van der Waals surface area contributed by atoms with E-state index in [4.69, 9.17) is 4.74 Å². The molecule has 0 atom stereocenters. The monoisotopic (exact) mass is 466 g/mol. The van der Waals surface area contributed by atoms with Crippen LogP contribution in [0.3, 0.4) is 0 Å². The van der Waals surface area contributed by atoms with Crippen LogP contribution in [0.15, 0.2) is 22.7 Å². The summed E-state index contributed by atoms with van der Waals surface area (Å²) in [7, 11) is 0. The van der Waals surface area contributed by atoms with Crippen molar-refractivity contribution >= 4 is 38.5 Å². The van der Waals surface area contributed by atoms with Gasteiger partial charge in [0.15, 0.2) is 0 Å². The Balaban J connectivity index is 1.91. The largest absolute Gasteiger partial charge is 0.494 e. The highest BCUT2D eigenvalue weighted by Crippen LogP contribution is 2.24. The third-order valence-corrected chi connectivity index (χ3v) is 5.98. The summed E-state index contributed by atoms with van der Waals surface area (Å²) in [4.78, 5) is 0. The molecule has 0 radical (unpaired) electrons. The SMILES string of the molecule is CCCCCCCCCCCCOc1ccc(Br)c(I)c1. The average molecular weight is 467 g/mol. The van der Waals surface area contributed by atoms with E-state index in [1.807, 2.05) is 6.07 Å². The van der Waals surface area contributed by atoms with Crippen molar-refractivity contribution in [2.75, 3.05) is 6.61 Å². The van der Waals surface area contributed by atoms with Crippen molar-refractivity contribution in [2.45, 2.75) is 71.1 Å². The Bertz CT molecular complexity index is 381. The highest BCUT2D eigenvalue weighted by Gasteiger charge is 1.99. The van der Waals surface area contributed by atoms with Crippen LogP contribution in [0.4, 0.5) is 0 Å². The number of benzene rings is 1. The van der Waals surface area contributed by atoms with E-state index >= 15 is 0 Å². The van der Waals surface area contributed by atoms with E-state index in [2.05, 4.69) is 57.6 Å². The van der Waals surface area contributed by atoms with E-state index < -0.39 is 0 Å². The summed E-state index contributed by atoms with van der Waals surface area (Å²) in [6.45, 7) is 3.12. The van der Waals surface area contributed by atoms with Crippen LogP contribution >= 0.6 is 38.5 Å². The lowest BCUT2D eigenvalue weighted by molar-refractivity contribution is 0.304. The van der Waals surface area contributed by atoms with Crippen LogP contribution in [0.2, 0.25) is 0 Å². The van der Waals surface area contributed by atoms with Gasteiger partial charge < -0.3 is 4.74 Å². The highest BCUT2D eigenvalue weighted by molar-refractivity contribution is 14.1. The van der Waals surface area contributed by atoms with E-state index in [1.54, 1.807) is 0 Å². The second-order valence-electron chi connectivity index (χ2n) is 5.61. The fraction of sp³-hybridized carbons (Fsp3) is 0.667. The maximum Gasteiger partial charge on any atom is 0.120 e. The van der Waals surface area contributed by atoms with Crippen LogP contribution in [0, 0.1) is 3.57 Å². The van der Waals surface area contributed by atoms with Gasteiger partial charge in [-0.1, -0.05) is 64.7 Å². The molecule has 0 N–H and O–H groups in total. The first-order chi connectivity index (χ1) is 10.2. The molecule has 1 rings (SSSR count). The van der Waals surface area contributed by atoms with Crippen LogP contribution in [-0.4, -0.2) is 6.61 Å². The van der Waals surface area contributed by atoms with Crippen molar-refractivity contribution in [3.05, 3.63) is 26.2 Å². The van der Waals surface area contributed by atoms with Crippen molar-refractivity contribution in [1.82, 2.24) is 0 Å². The van der Waals surface area contributed by atoms with Crippen molar-refractivity contribution in [1.29, 1.82) is 0 Å². The molecule has 1 aromatic rings. The van der Waals surface area contributed by atoms with Gasteiger partial charge in [-0.05, 0) is 63.1 Å². The van der Waals surface area contributed by atoms with Crippen molar-refractivity contribution in [3.63, 3.8) is 0 Å². The average Bonchev–Trinajstić information content (AvgIpc) is 2.48. The van der Waals surface area contributed by atoms with Crippen LogP contribution in [0.1, 0.15) is 71.1 Å². The van der Waals surface area contributed by atoms with Gasteiger partial charge in [-0.2, -0.15) is 0 Å². The summed E-state index contributed by atoms with van der Waals surface area (Å²) in [5, 5.41) is 0. The summed E-state index contributed by atoms with van der Waals surface area (Å²) >= 11 is 5.82. The Hall–Kier alpha value is 0.230. The first kappa shape index (κ1) is 19.3. The normalized spacial score (nSPS) is 10.8. The first-order valence-electron chi connectivity index (χ1n) is 8.32. The molecule has 3 heteroatoms. The smallest absolute Gasteiger partial charge is 0.120 e. The lowest BCUT2D eigenvalue weighted by atomic mass is 10.1. The standard InChI is InChI=1S/C18H28BrIO/c1-2-3-4-5-6-7-8-9-10-11-14-21-16-12-13-17(19)18(20)15-16/h12-13,15H,2-11,14H2,1H3. The van der Waals surface area contributed by atoms with Gasteiger partial charge >= 0.3 is 0 Å². The fourth-order valence-electron chi connectivity index (χ4n) is 2.35. The quantitative estimate of drug-likeness (QED) is 0.231. The molecule has 0 aromatic heterocycles. The molecule has 1 aromatic carbocycles. The summed E-state index contributed by atoms with van der Waals surface area (Å²) in [6.07, 6.45) is 13.7. The van der Waals surface area contributed by atoms with Gasteiger partial charge in [0.25, 0.3) is 0 Å². The van der Waals surface area contributed by atoms with Gasteiger partial charge in [-0.25, -0.2) is 0 Å². The molecule has 0 aliphatic rings. The topological polar surface area (TPSA) is 9.23 Å². The number of hydrogen-bond donors (Lipinski definition) is 0. The molecule has 0 amide bonds. The first-order valence-corrected chi connectivity index (χ1v) is 10.2. The van der Waals surface area contributed by atoms with E-state index in [9.17, 15) is 0 Å². The van der Waals surface area contributed by atoms with Gasteiger partial charge in [-0.3, -0.25) is 0 Å². The Morgan fingerprint density at radius 2 is 1.48 bits per heavy atom. The minimum atomic E-state index is 0.841. The zero-order valence-electron chi connectivity index (χ0n) is 13.2. The highest BCUT2D eigenvalue weighted by atomic mass is 127. The Morgan fingerprint density at radius 3 is 2.05 bits per heavy atom. The Labute approximate surface area is 152 Å². The lowest BCUT2D eigenvalue weighted by Crippen LogP contribution is -1.97. The van der Waals surface area contributed by atoms with Gasteiger partial charge in [-0.15, -0.1) is 0 Å². The Kier molecular flexibility index (Phi) is 11.7. The van der Waals surface area contributed by atoms with Crippen molar-refractivity contribution in [2.24, 2.45) is 0 Å². The van der Waals surface area contributed by atoms with E-state index in [0.29, 0.717) is 0 Å². The molecular formula is C18H28BrIO. The zero-order valence-corrected chi connectivity index (χ0v) is 16.9. The van der Waals surface area contributed by atoms with Crippen LogP contribution in [-0.2, 0) is 0 Å². The van der Waals surface area contributed by atoms with Crippen molar-refractivity contribution < 1.29 is 4.74 Å². The third kappa shape index (κ3) is 9.77. The lowest BCUT2D eigenvalue weighted by Gasteiger charge is -2.07. The third-order valence-electron chi connectivity index (χ3n) is 3.66. The minimum Gasteiger partial charge on any atom is -0.494 e. The molecule has 0 aliphatic heterocycles. The molecule has 0 saturated carbocycles. The molecule has 0 bridgehead atoms. The van der Waals surface area contributed by atoms with Crippen molar-refractivity contribution in [3.8, 4) is 5.75 Å². The number of unbranched alkanes of at least 4 members (excludes halogenated alkanes) is 9. The number of ether oxygens (including phenoxy) is 1. The summed E-state index contributed by atoms with van der Waals surface area (Å²) in [5.41, 5.74) is 0. The maximum absolute atomic E-state index is 5.79. The predicted molar refractivity (Wildman–Crippen MR) is 104 cm³/mol. The van der Waals surface area contributed by atoms with E-state index in [-0.39, 0.29) is 0 Å². The number of rotatable bonds is 12. The molecule has 21 heavy (non-hydrogen) atoms. The van der Waals surface area contributed by atoms with Crippen LogP contribution in [0.5, 0.6) is 5.75 Å². The molecule has 0 aliphatic carbocycles. The fourth-order valence-corrected chi connectivity index (χ4v) is 3.08. The number of hydrogen-bond acceptors (Lipinski definition) is 1. The molecule has 120 valence electrons. The van der Waals surface area contributed by atoms with Crippen LogP contribution in [0.25, 0.3) is 0 Å². The summed E-state index contributed by atoms with van der Waals surface area (Å²) in [5.74, 6) is 0.985. The molecular weight excluding hydrogens is 439 g/mol. The van der Waals surface area contributed by atoms with E-state index in [0.717, 1.165) is 16.8 Å². The van der Waals surface area contributed by atoms with Crippen LogP contribution < -0.4 is 4.74 Å². The molecule has 1 nitrogen and oxygen atoms in total. The molecule has 0 heterocycles. The maximum atomic E-state index is 5.79. The van der Waals surface area contributed by atoms with Gasteiger partial charge in [0, 0.05) is 8.04 Å². The molecule has 0 fully saturated rings. The molecule has 0 unspecified atom stereocenters. The summed E-state index contributed by atoms with van der Waals surface area (Å²) < 4.78 is 8.12. The number of halogens is 2. The summed E-state index contributed by atoms with van der Waals surface area (Å²) in [6, 6.07) is 6.17. The van der Waals surface area contributed by atoms with Gasteiger partial charge in [0.2, 0.25) is 0 Å². The Morgan fingerprint density at radius 1 is 0.905 bits per heavy atom. The second-order valence-corrected chi connectivity index (χ2v) is 7.62.